The molecule has 0 saturated heterocycles. The lowest BCUT2D eigenvalue weighted by molar-refractivity contribution is 0.0936. The number of nitrogens with one attached hydrogen (secondary N) is 2. The highest BCUT2D eigenvalue weighted by Gasteiger charge is 2.13. The van der Waals surface area contributed by atoms with Crippen molar-refractivity contribution in [3.05, 3.63) is 83.7 Å². The zero-order valence-corrected chi connectivity index (χ0v) is 16.5. The van der Waals surface area contributed by atoms with Crippen LogP contribution in [0.2, 0.25) is 0 Å². The molecule has 2 amide bonds. The standard InChI is InChI=1S/C23H24N4O2/c1-15(2)26-23(29)21-8-4-7-20(27-21)22(28)25-14-16-9-11-17(12-10-16)18-5-3-6-19(24)13-18/h3-13,15H,14,24H2,1-2H3,(H,25,28)(H,26,29). The van der Waals surface area contributed by atoms with Crippen molar-refractivity contribution in [2.45, 2.75) is 26.4 Å². The van der Waals surface area contributed by atoms with Crippen LogP contribution in [0, 0.1) is 0 Å². The maximum atomic E-state index is 12.4. The Morgan fingerprint density at radius 2 is 1.55 bits per heavy atom. The predicted octanol–water partition coefficient (Wildman–Crippen LogP) is 3.40. The molecule has 1 heterocycles. The number of nitrogens with zero attached hydrogens (tertiary/aromatic N) is 1. The van der Waals surface area contributed by atoms with Gasteiger partial charge in [-0.1, -0.05) is 42.5 Å². The zero-order chi connectivity index (χ0) is 20.8. The van der Waals surface area contributed by atoms with Gasteiger partial charge < -0.3 is 16.4 Å². The van der Waals surface area contributed by atoms with Crippen LogP contribution in [0.4, 0.5) is 5.69 Å². The highest BCUT2D eigenvalue weighted by atomic mass is 16.2. The lowest BCUT2D eigenvalue weighted by Gasteiger charge is -2.09. The first-order valence-electron chi connectivity index (χ1n) is 9.43. The van der Waals surface area contributed by atoms with E-state index in [1.807, 2.05) is 62.4 Å². The Morgan fingerprint density at radius 1 is 0.897 bits per heavy atom. The van der Waals surface area contributed by atoms with Gasteiger partial charge in [-0.2, -0.15) is 0 Å². The molecule has 1 aromatic heterocycles. The van der Waals surface area contributed by atoms with Crippen molar-refractivity contribution in [3.8, 4) is 11.1 Å². The summed E-state index contributed by atoms with van der Waals surface area (Å²) in [6.07, 6.45) is 0. The summed E-state index contributed by atoms with van der Waals surface area (Å²) < 4.78 is 0. The van der Waals surface area contributed by atoms with Crippen molar-refractivity contribution in [2.75, 3.05) is 5.73 Å². The summed E-state index contributed by atoms with van der Waals surface area (Å²) in [4.78, 5) is 28.7. The molecule has 148 valence electrons. The third-order valence-electron chi connectivity index (χ3n) is 4.26. The van der Waals surface area contributed by atoms with Crippen LogP contribution in [0.5, 0.6) is 0 Å². The second kappa shape index (κ2) is 9.01. The van der Waals surface area contributed by atoms with Crippen LogP contribution in [-0.4, -0.2) is 22.8 Å². The van der Waals surface area contributed by atoms with Gasteiger partial charge in [0.25, 0.3) is 11.8 Å². The molecule has 0 aliphatic carbocycles. The molecule has 6 heteroatoms. The molecule has 0 unspecified atom stereocenters. The van der Waals surface area contributed by atoms with E-state index in [0.717, 1.165) is 22.4 Å². The lowest BCUT2D eigenvalue weighted by atomic mass is 10.0. The fourth-order valence-electron chi connectivity index (χ4n) is 2.83. The molecule has 0 saturated carbocycles. The molecule has 3 aromatic rings. The molecule has 0 aliphatic heterocycles. The van der Waals surface area contributed by atoms with Crippen LogP contribution in [0.15, 0.2) is 66.7 Å². The highest BCUT2D eigenvalue weighted by molar-refractivity contribution is 5.96. The fourth-order valence-corrected chi connectivity index (χ4v) is 2.83. The Morgan fingerprint density at radius 3 is 2.21 bits per heavy atom. The SMILES string of the molecule is CC(C)NC(=O)c1cccc(C(=O)NCc2ccc(-c3cccc(N)c3)cc2)n1. The van der Waals surface area contributed by atoms with E-state index in [0.29, 0.717) is 6.54 Å². The van der Waals surface area contributed by atoms with Crippen LogP contribution in [-0.2, 0) is 6.54 Å². The Kier molecular flexibility index (Phi) is 6.24. The van der Waals surface area contributed by atoms with Gasteiger partial charge in [-0.3, -0.25) is 9.59 Å². The number of pyridine rings is 1. The fraction of sp³-hybridized carbons (Fsp3) is 0.174. The molecule has 29 heavy (non-hydrogen) atoms. The Hall–Kier alpha value is -3.67. The first-order chi connectivity index (χ1) is 13.9. The van der Waals surface area contributed by atoms with Crippen LogP contribution >= 0.6 is 0 Å². The monoisotopic (exact) mass is 388 g/mol. The largest absolute Gasteiger partial charge is 0.399 e. The average molecular weight is 388 g/mol. The lowest BCUT2D eigenvalue weighted by Crippen LogP contribution is -2.31. The number of amides is 2. The van der Waals surface area contributed by atoms with Crippen LogP contribution in [0.3, 0.4) is 0 Å². The summed E-state index contributed by atoms with van der Waals surface area (Å²) in [5.74, 6) is -0.629. The highest BCUT2D eigenvalue weighted by Crippen LogP contribution is 2.21. The van der Waals surface area contributed by atoms with Crippen LogP contribution < -0.4 is 16.4 Å². The molecule has 6 nitrogen and oxygen atoms in total. The normalized spacial score (nSPS) is 10.6. The maximum Gasteiger partial charge on any atom is 0.270 e. The molecular weight excluding hydrogens is 364 g/mol. The summed E-state index contributed by atoms with van der Waals surface area (Å²) >= 11 is 0. The minimum Gasteiger partial charge on any atom is -0.399 e. The minimum absolute atomic E-state index is 0.00270. The summed E-state index contributed by atoms with van der Waals surface area (Å²) in [5.41, 5.74) is 10.0. The summed E-state index contributed by atoms with van der Waals surface area (Å²) in [6, 6.07) is 20.4. The number of anilines is 1. The topological polar surface area (TPSA) is 97.1 Å². The molecule has 0 radical (unpaired) electrons. The number of hydrogen-bond donors (Lipinski definition) is 3. The van der Waals surface area contributed by atoms with Crippen molar-refractivity contribution in [3.63, 3.8) is 0 Å². The van der Waals surface area contributed by atoms with Gasteiger partial charge in [0.2, 0.25) is 0 Å². The quantitative estimate of drug-likeness (QED) is 0.564. The van der Waals surface area contributed by atoms with E-state index in [1.165, 1.54) is 0 Å². The Labute approximate surface area is 170 Å². The molecule has 4 N–H and O–H groups in total. The molecule has 0 fully saturated rings. The van der Waals surface area contributed by atoms with Crippen molar-refractivity contribution in [2.24, 2.45) is 0 Å². The zero-order valence-electron chi connectivity index (χ0n) is 16.5. The molecule has 0 bridgehead atoms. The van der Waals surface area contributed by atoms with E-state index < -0.39 is 0 Å². The number of rotatable bonds is 6. The number of benzene rings is 2. The molecule has 0 spiro atoms. The van der Waals surface area contributed by atoms with Gasteiger partial charge in [-0.15, -0.1) is 0 Å². The summed E-state index contributed by atoms with van der Waals surface area (Å²) in [5, 5.41) is 5.60. The second-order valence-electron chi connectivity index (χ2n) is 7.04. The predicted molar refractivity (Wildman–Crippen MR) is 114 cm³/mol. The minimum atomic E-state index is -0.330. The van der Waals surface area contributed by atoms with Crippen LogP contribution in [0.1, 0.15) is 40.4 Å². The van der Waals surface area contributed by atoms with E-state index in [1.54, 1.807) is 18.2 Å². The molecule has 0 aliphatic rings. The van der Waals surface area contributed by atoms with Crippen molar-refractivity contribution >= 4 is 17.5 Å². The van der Waals surface area contributed by atoms with E-state index in [4.69, 9.17) is 5.73 Å². The number of carbonyl (C=O) groups is 2. The summed E-state index contributed by atoms with van der Waals surface area (Å²) in [7, 11) is 0. The summed E-state index contributed by atoms with van der Waals surface area (Å²) in [6.45, 7) is 4.10. The molecule has 2 aromatic carbocycles. The van der Waals surface area contributed by atoms with Gasteiger partial charge in [0, 0.05) is 18.3 Å². The third-order valence-corrected chi connectivity index (χ3v) is 4.26. The van der Waals surface area contributed by atoms with E-state index in [9.17, 15) is 9.59 Å². The van der Waals surface area contributed by atoms with Crippen molar-refractivity contribution in [1.29, 1.82) is 0 Å². The van der Waals surface area contributed by atoms with Gasteiger partial charge in [0.15, 0.2) is 0 Å². The maximum absolute atomic E-state index is 12.4. The number of carbonyl (C=O) groups excluding carboxylic acids is 2. The Bertz CT molecular complexity index is 1010. The van der Waals surface area contributed by atoms with Crippen molar-refractivity contribution in [1.82, 2.24) is 15.6 Å². The number of hydrogen-bond acceptors (Lipinski definition) is 4. The number of nitrogen functional groups attached to an aromatic ring is 1. The van der Waals surface area contributed by atoms with Gasteiger partial charge in [-0.05, 0) is 54.8 Å². The van der Waals surface area contributed by atoms with E-state index >= 15 is 0 Å². The third kappa shape index (κ3) is 5.42. The molecular formula is C23H24N4O2. The van der Waals surface area contributed by atoms with E-state index in [-0.39, 0.29) is 29.2 Å². The first kappa shape index (κ1) is 20.1. The van der Waals surface area contributed by atoms with Gasteiger partial charge in [0.05, 0.1) is 0 Å². The smallest absolute Gasteiger partial charge is 0.270 e. The first-order valence-corrected chi connectivity index (χ1v) is 9.43. The van der Waals surface area contributed by atoms with Gasteiger partial charge in [-0.25, -0.2) is 4.98 Å². The van der Waals surface area contributed by atoms with Gasteiger partial charge in [0.1, 0.15) is 11.4 Å². The molecule has 3 rings (SSSR count). The number of aromatic nitrogens is 1. The van der Waals surface area contributed by atoms with Gasteiger partial charge >= 0.3 is 0 Å². The van der Waals surface area contributed by atoms with Crippen molar-refractivity contribution < 1.29 is 9.59 Å². The second-order valence-corrected chi connectivity index (χ2v) is 7.04. The average Bonchev–Trinajstić information content (AvgIpc) is 2.72. The Balaban J connectivity index is 1.63. The van der Waals surface area contributed by atoms with Crippen LogP contribution in [0.25, 0.3) is 11.1 Å². The number of nitrogens with two attached hydrogens (primary N) is 1. The molecule has 0 atom stereocenters. The van der Waals surface area contributed by atoms with E-state index in [2.05, 4.69) is 15.6 Å².